The van der Waals surface area contributed by atoms with Crippen LogP contribution in [0.4, 0.5) is 13.2 Å². The zero-order chi connectivity index (χ0) is 22.2. The number of nitrogens with zero attached hydrogens (tertiary/aromatic N) is 2. The number of carbonyl (C=O) groups excluding carboxylic acids is 2. The van der Waals surface area contributed by atoms with E-state index in [1.165, 1.54) is 17.5 Å². The molecular weight excluding hydrogens is 425 g/mol. The van der Waals surface area contributed by atoms with Crippen molar-refractivity contribution in [3.8, 4) is 0 Å². The topological polar surface area (TPSA) is 97.2 Å². The molecule has 11 heteroatoms. The Bertz CT molecular complexity index is 1130. The average molecular weight is 440 g/mol. The van der Waals surface area contributed by atoms with Gasteiger partial charge in [0.25, 0.3) is 16.8 Å². The van der Waals surface area contributed by atoms with Gasteiger partial charge >= 0.3 is 23.5 Å². The second kappa shape index (κ2) is 7.90. The van der Waals surface area contributed by atoms with Crippen LogP contribution in [0.15, 0.2) is 35.7 Å². The van der Waals surface area contributed by atoms with Crippen molar-refractivity contribution >= 4 is 34.1 Å². The van der Waals surface area contributed by atoms with Gasteiger partial charge in [-0.2, -0.15) is 17.9 Å². The molecule has 0 aliphatic rings. The molecule has 0 radical (unpaired) electrons. The Hall–Kier alpha value is -3.21. The lowest BCUT2D eigenvalue weighted by molar-refractivity contribution is -0.647. The van der Waals surface area contributed by atoms with Crippen molar-refractivity contribution < 1.29 is 37.0 Å². The summed E-state index contributed by atoms with van der Waals surface area (Å²) >= 11 is 0.828. The lowest BCUT2D eigenvalue weighted by Crippen LogP contribution is -2.50. The number of ketones is 1. The molecule has 0 saturated carbocycles. The molecule has 0 spiro atoms. The van der Waals surface area contributed by atoms with Crippen LogP contribution in [0.2, 0.25) is 0 Å². The Morgan fingerprint density at radius 1 is 1.13 bits per heavy atom. The largest absolute Gasteiger partial charge is 0.618 e. The fraction of sp³-hybridized carbons (Fsp3) is 0.263. The minimum Gasteiger partial charge on any atom is -0.618 e. The van der Waals surface area contributed by atoms with Crippen LogP contribution in [-0.2, 0) is 10.9 Å². The van der Waals surface area contributed by atoms with E-state index in [0.29, 0.717) is 0 Å². The van der Waals surface area contributed by atoms with E-state index in [4.69, 9.17) is 4.74 Å². The molecule has 0 fully saturated rings. The van der Waals surface area contributed by atoms with Crippen molar-refractivity contribution in [2.45, 2.75) is 20.0 Å². The van der Waals surface area contributed by atoms with Crippen molar-refractivity contribution in [3.63, 3.8) is 0 Å². The Labute approximate surface area is 172 Å². The molecule has 0 aliphatic heterocycles. The van der Waals surface area contributed by atoms with Crippen LogP contribution in [0.3, 0.4) is 0 Å². The fourth-order valence-corrected chi connectivity index (χ4v) is 3.38. The van der Waals surface area contributed by atoms with Crippen LogP contribution in [0, 0.1) is 16.3 Å². The van der Waals surface area contributed by atoms with Crippen LogP contribution in [-0.4, -0.2) is 18.4 Å². The molecule has 7 nitrogen and oxygen atoms in total. The summed E-state index contributed by atoms with van der Waals surface area (Å²) in [6.07, 6.45) is -5.26. The monoisotopic (exact) mass is 440 g/mol. The van der Waals surface area contributed by atoms with Crippen molar-refractivity contribution in [1.29, 1.82) is 0 Å². The van der Waals surface area contributed by atoms with Gasteiger partial charge in [-0.3, -0.25) is 4.79 Å². The third-order valence-corrected chi connectivity index (χ3v) is 4.92. The van der Waals surface area contributed by atoms with Gasteiger partial charge in [0.05, 0.1) is 17.0 Å². The van der Waals surface area contributed by atoms with E-state index in [9.17, 15) is 33.2 Å². The van der Waals surface area contributed by atoms with E-state index in [1.807, 2.05) is 0 Å². The first-order valence-electron chi connectivity index (χ1n) is 8.67. The maximum atomic E-state index is 13.6. The van der Waals surface area contributed by atoms with Crippen LogP contribution in [0.25, 0.3) is 11.0 Å². The summed E-state index contributed by atoms with van der Waals surface area (Å²) in [6.45, 7) is 3.70. The summed E-state index contributed by atoms with van der Waals surface area (Å²) in [5.41, 5.74) is -4.61. The van der Waals surface area contributed by atoms with Gasteiger partial charge in [-0.25, -0.2) is 4.79 Å². The van der Waals surface area contributed by atoms with E-state index in [2.05, 4.69) is 0 Å². The number of rotatable bonds is 5. The molecule has 3 rings (SSSR count). The third kappa shape index (κ3) is 3.92. The highest BCUT2D eigenvalue weighted by molar-refractivity contribution is 7.12. The van der Waals surface area contributed by atoms with Gasteiger partial charge in [0, 0.05) is 12.1 Å². The quantitative estimate of drug-likeness (QED) is 0.263. The van der Waals surface area contributed by atoms with Gasteiger partial charge in [0.2, 0.25) is 0 Å². The van der Waals surface area contributed by atoms with Gasteiger partial charge in [-0.1, -0.05) is 19.9 Å². The summed E-state index contributed by atoms with van der Waals surface area (Å²) in [6, 6.07) is 5.60. The maximum absolute atomic E-state index is 13.6. The number of carbonyl (C=O) groups is 2. The molecule has 0 unspecified atom stereocenters. The number of thiophene rings is 1. The lowest BCUT2D eigenvalue weighted by Gasteiger charge is -2.14. The minimum absolute atomic E-state index is 0.0343. The van der Waals surface area contributed by atoms with Crippen LogP contribution >= 0.6 is 11.3 Å². The number of halogens is 3. The zero-order valence-electron chi connectivity index (χ0n) is 15.7. The van der Waals surface area contributed by atoms with E-state index in [0.717, 1.165) is 29.5 Å². The van der Waals surface area contributed by atoms with Crippen molar-refractivity contribution in [3.05, 3.63) is 68.0 Å². The van der Waals surface area contributed by atoms with Gasteiger partial charge < -0.3 is 15.2 Å². The SMILES string of the molecule is CC(C)COC(=O)c1ccc2c(c1)[n+]([O-])c(C(=O)c1cccs1)c(C(F)(F)F)[n+]2[O-]. The number of fused-ring (bicyclic) bond motifs is 1. The molecule has 0 saturated heterocycles. The maximum Gasteiger partial charge on any atom is 0.486 e. The number of hydrogen-bond acceptors (Lipinski definition) is 6. The lowest BCUT2D eigenvalue weighted by atomic mass is 10.1. The second-order valence-corrected chi connectivity index (χ2v) is 7.73. The predicted molar refractivity (Wildman–Crippen MR) is 99.7 cm³/mol. The predicted octanol–water partition coefficient (Wildman–Crippen LogP) is 3.23. The first-order valence-corrected chi connectivity index (χ1v) is 9.55. The molecule has 0 bridgehead atoms. The molecule has 3 aromatic rings. The van der Waals surface area contributed by atoms with E-state index in [-0.39, 0.29) is 27.7 Å². The molecule has 0 amide bonds. The molecular formula is C19H15F3N2O5S. The van der Waals surface area contributed by atoms with Gasteiger partial charge in [-0.15, -0.1) is 16.1 Å². The van der Waals surface area contributed by atoms with Crippen molar-refractivity contribution in [2.75, 3.05) is 6.61 Å². The molecule has 158 valence electrons. The summed E-state index contributed by atoms with van der Waals surface area (Å²) in [5.74, 6) is -2.02. The minimum atomic E-state index is -5.26. The smallest absolute Gasteiger partial charge is 0.486 e. The van der Waals surface area contributed by atoms with Crippen molar-refractivity contribution in [2.24, 2.45) is 5.92 Å². The van der Waals surface area contributed by atoms with Crippen LogP contribution < -0.4 is 9.46 Å². The van der Waals surface area contributed by atoms with E-state index >= 15 is 0 Å². The van der Waals surface area contributed by atoms with Crippen LogP contribution in [0.1, 0.15) is 45.3 Å². The summed E-state index contributed by atoms with van der Waals surface area (Å²) < 4.78 is 45.1. The molecule has 2 heterocycles. The Morgan fingerprint density at radius 3 is 2.40 bits per heavy atom. The first kappa shape index (κ1) is 21.5. The number of hydrogen-bond donors (Lipinski definition) is 0. The highest BCUT2D eigenvalue weighted by atomic mass is 32.1. The number of alkyl halides is 3. The summed E-state index contributed by atoms with van der Waals surface area (Å²) in [7, 11) is 0. The molecule has 0 aliphatic carbocycles. The highest BCUT2D eigenvalue weighted by Gasteiger charge is 2.51. The summed E-state index contributed by atoms with van der Waals surface area (Å²) in [4.78, 5) is 24.6. The number of ether oxygens (including phenoxy) is 1. The molecule has 2 aromatic heterocycles. The molecule has 1 aromatic carbocycles. The molecule has 0 atom stereocenters. The Kier molecular flexibility index (Phi) is 5.66. The van der Waals surface area contributed by atoms with Gasteiger partial charge in [-0.05, 0) is 23.4 Å². The van der Waals surface area contributed by atoms with Crippen LogP contribution in [0.5, 0.6) is 0 Å². The van der Waals surface area contributed by atoms with Gasteiger partial charge in [0.15, 0.2) is 0 Å². The highest BCUT2D eigenvalue weighted by Crippen LogP contribution is 2.31. The normalized spacial score (nSPS) is 11.8. The standard InChI is InChI=1S/C19H15F3N2O5S/c1-10(2)9-29-18(26)11-5-6-12-13(8-11)23(27)15(16(25)14-4-3-7-30-14)17(24(12)28)19(20,21)22/h3-8,10H,9H2,1-2H3. The number of aromatic nitrogens is 2. The van der Waals surface area contributed by atoms with E-state index < -0.39 is 45.1 Å². The summed E-state index contributed by atoms with van der Waals surface area (Å²) in [5, 5.41) is 26.8. The fourth-order valence-electron chi connectivity index (χ4n) is 2.72. The Balaban J connectivity index is 2.25. The zero-order valence-corrected chi connectivity index (χ0v) is 16.5. The molecule has 30 heavy (non-hydrogen) atoms. The number of benzene rings is 1. The second-order valence-electron chi connectivity index (χ2n) is 6.79. The average Bonchev–Trinajstić information content (AvgIpc) is 3.21. The first-order chi connectivity index (χ1) is 14.0. The van der Waals surface area contributed by atoms with Crippen molar-refractivity contribution in [1.82, 2.24) is 0 Å². The molecule has 0 N–H and O–H groups in total. The van der Waals surface area contributed by atoms with Gasteiger partial charge in [0.1, 0.15) is 0 Å². The Morgan fingerprint density at radius 2 is 1.83 bits per heavy atom. The number of esters is 1. The van der Waals surface area contributed by atoms with E-state index in [1.54, 1.807) is 13.8 Å². The third-order valence-electron chi connectivity index (χ3n) is 4.06.